The third kappa shape index (κ3) is 6.53. The number of hydrogen-bond donors (Lipinski definition) is 4. The minimum atomic E-state index is -0.481. The van der Waals surface area contributed by atoms with Crippen LogP contribution >= 0.6 is 0 Å². The Kier molecular flexibility index (Phi) is 8.78. The molecule has 4 aromatic carbocycles. The van der Waals surface area contributed by atoms with Crippen molar-refractivity contribution < 1.29 is 0 Å². The van der Waals surface area contributed by atoms with Crippen LogP contribution in [-0.4, -0.2) is 50.3 Å². The third-order valence-electron chi connectivity index (χ3n) is 10.2. The fourth-order valence-corrected chi connectivity index (χ4v) is 7.12. The van der Waals surface area contributed by atoms with Gasteiger partial charge in [-0.25, -0.2) is 29.9 Å². The number of H-pyrrole nitrogens is 2. The average molecular weight is 755 g/mol. The second-order valence-corrected chi connectivity index (χ2v) is 13.9. The fourth-order valence-electron chi connectivity index (χ4n) is 7.12. The van der Waals surface area contributed by atoms with Crippen molar-refractivity contribution >= 4 is 22.3 Å². The number of pyridine rings is 2. The van der Waals surface area contributed by atoms with E-state index < -0.39 is 12.1 Å². The van der Waals surface area contributed by atoms with E-state index in [2.05, 4.69) is 20.4 Å². The first-order valence-corrected chi connectivity index (χ1v) is 18.8. The molecule has 10 aromatic rings. The highest BCUT2D eigenvalue weighted by atomic mass is 15.1. The van der Waals surface area contributed by atoms with Crippen molar-refractivity contribution in [3.63, 3.8) is 0 Å². The summed E-state index contributed by atoms with van der Waals surface area (Å²) < 4.78 is 0. The van der Waals surface area contributed by atoms with Crippen LogP contribution in [0.15, 0.2) is 158 Å². The second kappa shape index (κ2) is 14.7. The monoisotopic (exact) mass is 754 g/mol. The Bertz CT molecular complexity index is 3010. The lowest BCUT2D eigenvalue weighted by Gasteiger charge is -2.21. The van der Waals surface area contributed by atoms with Crippen LogP contribution in [0.25, 0.3) is 90.1 Å². The Morgan fingerprint density at radius 1 is 0.362 bits per heavy atom. The van der Waals surface area contributed by atoms with Crippen molar-refractivity contribution in [3.05, 3.63) is 169 Å². The Morgan fingerprint density at radius 3 is 1.12 bits per heavy atom. The number of nitrogens with two attached hydrogens (primary N) is 2. The standard InChI is InChI=1S/C46H34N12/c47-39(27-11-15-31(16-12-27)42-43(30-9-5-2-6-10-30)55-45-38(52-42)22-20-33(53-45)35-23-25-49-57-35)40(48)28-13-17-32(18-14-28)44-41(29-7-3-1-4-8-29)51-37-21-19-34(54-46(37)56-44)36-24-26-50-58-36/h1-26,39-40H,47-48H2,(H,49,57)(H,50,58). The Balaban J connectivity index is 0.947. The summed E-state index contributed by atoms with van der Waals surface area (Å²) in [5.41, 5.74) is 27.7. The number of nitrogens with one attached hydrogen (secondary N) is 2. The van der Waals surface area contributed by atoms with Crippen LogP contribution in [0.4, 0.5) is 0 Å². The fraction of sp³-hybridized carbons (Fsp3) is 0.0435. The van der Waals surface area contributed by atoms with Crippen LogP contribution in [0.1, 0.15) is 23.2 Å². The number of aromatic amines is 2. The van der Waals surface area contributed by atoms with Gasteiger partial charge in [-0.05, 0) is 47.5 Å². The van der Waals surface area contributed by atoms with Crippen molar-refractivity contribution in [1.29, 1.82) is 0 Å². The van der Waals surface area contributed by atoms with E-state index in [4.69, 9.17) is 41.4 Å². The van der Waals surface area contributed by atoms with Gasteiger partial charge in [0.2, 0.25) is 0 Å². The topological polar surface area (TPSA) is 187 Å². The molecule has 0 aliphatic heterocycles. The van der Waals surface area contributed by atoms with Crippen molar-refractivity contribution in [2.75, 3.05) is 0 Å². The van der Waals surface area contributed by atoms with E-state index in [-0.39, 0.29) is 0 Å². The molecule has 0 amide bonds. The Labute approximate surface area is 332 Å². The van der Waals surface area contributed by atoms with Gasteiger partial charge in [-0.15, -0.1) is 0 Å². The van der Waals surface area contributed by atoms with E-state index in [0.717, 1.165) is 73.2 Å². The highest BCUT2D eigenvalue weighted by Crippen LogP contribution is 2.35. The van der Waals surface area contributed by atoms with Crippen molar-refractivity contribution in [1.82, 2.24) is 50.3 Å². The van der Waals surface area contributed by atoms with Gasteiger partial charge in [-0.1, -0.05) is 109 Å². The van der Waals surface area contributed by atoms with E-state index in [9.17, 15) is 0 Å². The first-order chi connectivity index (χ1) is 28.6. The lowest BCUT2D eigenvalue weighted by atomic mass is 9.92. The molecular weight excluding hydrogens is 721 g/mol. The van der Waals surface area contributed by atoms with Crippen LogP contribution < -0.4 is 11.5 Å². The molecule has 6 heterocycles. The van der Waals surface area contributed by atoms with Gasteiger partial charge in [0.1, 0.15) is 11.0 Å². The SMILES string of the molecule is NC(c1ccc(-c2nc3ccc(-c4ccn[nH]4)nc3nc2-c2ccccc2)cc1)C(N)c1ccc(-c2nc3nc(-c4ccn[nH]4)ccc3nc2-c2ccccc2)cc1. The van der Waals surface area contributed by atoms with Gasteiger partial charge in [-0.3, -0.25) is 10.2 Å². The molecule has 0 bridgehead atoms. The van der Waals surface area contributed by atoms with E-state index in [0.29, 0.717) is 28.0 Å². The molecule has 0 fully saturated rings. The summed E-state index contributed by atoms with van der Waals surface area (Å²) in [6.45, 7) is 0. The number of fused-ring (bicyclic) bond motifs is 2. The van der Waals surface area contributed by atoms with E-state index >= 15 is 0 Å². The van der Waals surface area contributed by atoms with E-state index in [1.807, 2.05) is 146 Å². The molecule has 58 heavy (non-hydrogen) atoms. The first kappa shape index (κ1) is 34.7. The zero-order chi connectivity index (χ0) is 39.0. The molecule has 0 radical (unpaired) electrons. The summed E-state index contributed by atoms with van der Waals surface area (Å²) in [7, 11) is 0. The number of benzene rings is 4. The maximum atomic E-state index is 6.87. The summed E-state index contributed by atoms with van der Waals surface area (Å²) in [6.07, 6.45) is 3.40. The molecule has 278 valence electrons. The van der Waals surface area contributed by atoms with Crippen LogP contribution in [0.2, 0.25) is 0 Å². The molecule has 6 N–H and O–H groups in total. The first-order valence-electron chi connectivity index (χ1n) is 18.8. The van der Waals surface area contributed by atoms with Gasteiger partial charge in [0.25, 0.3) is 0 Å². The average Bonchev–Trinajstić information content (AvgIpc) is 4.05. The minimum absolute atomic E-state index is 0.480. The maximum absolute atomic E-state index is 6.87. The van der Waals surface area contributed by atoms with Gasteiger partial charge < -0.3 is 11.5 Å². The molecule has 6 aromatic heterocycles. The molecule has 2 unspecified atom stereocenters. The molecule has 12 nitrogen and oxygen atoms in total. The predicted octanol–water partition coefficient (Wildman–Crippen LogP) is 8.51. The molecule has 10 rings (SSSR count). The van der Waals surface area contributed by atoms with Gasteiger partial charge in [0.15, 0.2) is 11.3 Å². The highest BCUT2D eigenvalue weighted by molar-refractivity contribution is 5.87. The number of rotatable bonds is 9. The minimum Gasteiger partial charge on any atom is -0.322 e. The van der Waals surface area contributed by atoms with Crippen molar-refractivity contribution in [2.24, 2.45) is 11.5 Å². The summed E-state index contributed by atoms with van der Waals surface area (Å²) >= 11 is 0. The lowest BCUT2D eigenvalue weighted by Crippen LogP contribution is -2.26. The molecular formula is C46H34N12. The smallest absolute Gasteiger partial charge is 0.179 e. The zero-order valence-corrected chi connectivity index (χ0v) is 30.9. The second-order valence-electron chi connectivity index (χ2n) is 13.9. The van der Waals surface area contributed by atoms with Crippen molar-refractivity contribution in [2.45, 2.75) is 12.1 Å². The predicted molar refractivity (Wildman–Crippen MR) is 225 cm³/mol. The van der Waals surface area contributed by atoms with Crippen LogP contribution in [0.5, 0.6) is 0 Å². The molecule has 0 saturated heterocycles. The third-order valence-corrected chi connectivity index (χ3v) is 10.2. The van der Waals surface area contributed by atoms with Gasteiger partial charge >= 0.3 is 0 Å². The molecule has 0 saturated carbocycles. The number of aromatic nitrogens is 10. The number of nitrogens with zero attached hydrogens (tertiary/aromatic N) is 8. The highest BCUT2D eigenvalue weighted by Gasteiger charge is 2.21. The lowest BCUT2D eigenvalue weighted by molar-refractivity contribution is 0.574. The summed E-state index contributed by atoms with van der Waals surface area (Å²) in [4.78, 5) is 29.8. The molecule has 0 aliphatic rings. The molecule has 0 aliphatic carbocycles. The van der Waals surface area contributed by atoms with Gasteiger partial charge in [0, 0.05) is 46.7 Å². The summed E-state index contributed by atoms with van der Waals surface area (Å²) in [5, 5.41) is 14.1. The molecule has 0 spiro atoms. The van der Waals surface area contributed by atoms with Crippen LogP contribution in [-0.2, 0) is 0 Å². The maximum Gasteiger partial charge on any atom is 0.179 e. The van der Waals surface area contributed by atoms with Crippen LogP contribution in [0, 0.1) is 0 Å². The van der Waals surface area contributed by atoms with Gasteiger partial charge in [-0.2, -0.15) is 10.2 Å². The quantitative estimate of drug-likeness (QED) is 0.111. The van der Waals surface area contributed by atoms with Crippen LogP contribution in [0.3, 0.4) is 0 Å². The Morgan fingerprint density at radius 2 is 0.741 bits per heavy atom. The molecule has 2 atom stereocenters. The molecule has 12 heteroatoms. The number of hydrogen-bond acceptors (Lipinski definition) is 10. The van der Waals surface area contributed by atoms with Crippen molar-refractivity contribution in [3.8, 4) is 67.8 Å². The normalized spacial score (nSPS) is 12.5. The summed E-state index contributed by atoms with van der Waals surface area (Å²) in [5.74, 6) is 0. The van der Waals surface area contributed by atoms with Gasteiger partial charge in [0.05, 0.1) is 45.6 Å². The largest absolute Gasteiger partial charge is 0.322 e. The van der Waals surface area contributed by atoms with E-state index in [1.165, 1.54) is 0 Å². The zero-order valence-electron chi connectivity index (χ0n) is 30.9. The Hall–Kier alpha value is -7.80. The van der Waals surface area contributed by atoms with E-state index in [1.54, 1.807) is 12.4 Å². The summed E-state index contributed by atoms with van der Waals surface area (Å²) in [6, 6.07) is 46.7.